The first-order chi connectivity index (χ1) is 8.41. The summed E-state index contributed by atoms with van der Waals surface area (Å²) in [5.41, 5.74) is -0.235. The molecule has 3 atom stereocenters. The third-order valence-electron chi connectivity index (χ3n) is 5.03. The summed E-state index contributed by atoms with van der Waals surface area (Å²) in [6, 6.07) is 0. The zero-order chi connectivity index (χ0) is 13.0. The van der Waals surface area contributed by atoms with Crippen molar-refractivity contribution in [3.63, 3.8) is 0 Å². The molecule has 4 heteroatoms. The molecule has 0 spiro atoms. The summed E-state index contributed by atoms with van der Waals surface area (Å²) in [4.78, 5) is 12.3. The van der Waals surface area contributed by atoms with Crippen molar-refractivity contribution in [2.24, 2.45) is 17.3 Å². The van der Waals surface area contributed by atoms with E-state index in [1.165, 1.54) is 6.42 Å². The monoisotopic (exact) mass is 271 g/mol. The van der Waals surface area contributed by atoms with Gasteiger partial charge in [-0.1, -0.05) is 0 Å². The Hall–Kier alpha value is -0.280. The molecular formula is C14H22ClNO2. The summed E-state index contributed by atoms with van der Waals surface area (Å²) >= 11 is 6.70. The number of carbonyl (C=O) groups excluding carboxylic acids is 1. The second-order valence-electron chi connectivity index (χ2n) is 6.95. The molecule has 0 aromatic heterocycles. The van der Waals surface area contributed by atoms with Crippen LogP contribution in [0.3, 0.4) is 0 Å². The summed E-state index contributed by atoms with van der Waals surface area (Å²) < 4.78 is 0. The highest BCUT2D eigenvalue weighted by atomic mass is 35.5. The molecule has 0 saturated heterocycles. The third kappa shape index (κ3) is 2.05. The van der Waals surface area contributed by atoms with E-state index >= 15 is 0 Å². The first-order valence-corrected chi connectivity index (χ1v) is 7.44. The molecule has 4 bridgehead atoms. The Bertz CT molecular complexity index is 355. The summed E-state index contributed by atoms with van der Waals surface area (Å²) in [5, 5.41) is 12.2. The highest BCUT2D eigenvalue weighted by molar-refractivity contribution is 6.24. The Morgan fingerprint density at radius 1 is 1.39 bits per heavy atom. The molecule has 0 heterocycles. The molecule has 0 aliphatic heterocycles. The lowest BCUT2D eigenvalue weighted by atomic mass is 9.49. The van der Waals surface area contributed by atoms with Crippen molar-refractivity contribution in [3.8, 4) is 0 Å². The van der Waals surface area contributed by atoms with E-state index in [0.29, 0.717) is 18.4 Å². The lowest BCUT2D eigenvalue weighted by Crippen LogP contribution is -2.58. The molecule has 102 valence electrons. The predicted octanol–water partition coefficient (Wildman–Crippen LogP) is 2.06. The van der Waals surface area contributed by atoms with Gasteiger partial charge < -0.3 is 10.4 Å². The van der Waals surface area contributed by atoms with Crippen LogP contribution in [0.15, 0.2) is 0 Å². The summed E-state index contributed by atoms with van der Waals surface area (Å²) in [7, 11) is 0. The minimum atomic E-state index is -0.479. The fourth-order valence-electron chi connectivity index (χ4n) is 4.84. The van der Waals surface area contributed by atoms with Gasteiger partial charge in [0.2, 0.25) is 5.91 Å². The van der Waals surface area contributed by atoms with Gasteiger partial charge in [-0.2, -0.15) is 0 Å². The molecule has 4 saturated carbocycles. The minimum Gasteiger partial charge on any atom is -0.392 e. The van der Waals surface area contributed by atoms with E-state index in [1.807, 2.05) is 0 Å². The number of hydrogen-bond donors (Lipinski definition) is 2. The zero-order valence-corrected chi connectivity index (χ0v) is 11.7. The largest absolute Gasteiger partial charge is 0.392 e. The summed E-state index contributed by atoms with van der Waals surface area (Å²) in [6.45, 7) is 2.05. The Morgan fingerprint density at radius 3 is 2.50 bits per heavy atom. The SMILES string of the molecule is C[C@@H](O)CNC(=O)C12C[C@H]3C[C@@H](CC(Cl)(C3)C1)C2. The second-order valence-corrected chi connectivity index (χ2v) is 7.75. The van der Waals surface area contributed by atoms with Crippen molar-refractivity contribution in [1.82, 2.24) is 5.32 Å². The van der Waals surface area contributed by atoms with Crippen LogP contribution in [0.2, 0.25) is 0 Å². The van der Waals surface area contributed by atoms with Crippen molar-refractivity contribution < 1.29 is 9.90 Å². The number of alkyl halides is 1. The Labute approximate surface area is 113 Å². The van der Waals surface area contributed by atoms with Gasteiger partial charge in [-0.05, 0) is 57.3 Å². The molecule has 4 rings (SSSR count). The van der Waals surface area contributed by atoms with E-state index in [9.17, 15) is 9.90 Å². The predicted molar refractivity (Wildman–Crippen MR) is 70.4 cm³/mol. The fourth-order valence-corrected chi connectivity index (χ4v) is 5.54. The number of nitrogens with one attached hydrogen (secondary N) is 1. The number of carbonyl (C=O) groups is 1. The Morgan fingerprint density at radius 2 is 2.00 bits per heavy atom. The van der Waals surface area contributed by atoms with Crippen LogP contribution in [-0.4, -0.2) is 28.5 Å². The number of aliphatic hydroxyl groups is 1. The van der Waals surface area contributed by atoms with Crippen LogP contribution in [0, 0.1) is 17.3 Å². The Balaban J connectivity index is 1.76. The van der Waals surface area contributed by atoms with Crippen molar-refractivity contribution in [2.75, 3.05) is 6.54 Å². The molecule has 0 aromatic rings. The van der Waals surface area contributed by atoms with Crippen LogP contribution in [-0.2, 0) is 4.79 Å². The number of hydrogen-bond acceptors (Lipinski definition) is 2. The van der Waals surface area contributed by atoms with Gasteiger partial charge in [-0.25, -0.2) is 0 Å². The van der Waals surface area contributed by atoms with Crippen LogP contribution in [0.1, 0.15) is 45.4 Å². The standard InChI is InChI=1S/C14H22ClNO2/c1-9(17)7-16-12(18)13-3-10-2-11(4-13)6-14(15,5-10)8-13/h9-11,17H,2-8H2,1H3,(H,16,18)/t9-,10-,11-,13?,14?/m1/s1. The average Bonchev–Trinajstić information content (AvgIpc) is 2.22. The summed E-state index contributed by atoms with van der Waals surface area (Å²) in [6.07, 6.45) is 5.81. The smallest absolute Gasteiger partial charge is 0.226 e. The normalized spacial score (nSPS) is 47.1. The van der Waals surface area contributed by atoms with Gasteiger partial charge >= 0.3 is 0 Å². The van der Waals surface area contributed by atoms with Crippen LogP contribution in [0.25, 0.3) is 0 Å². The number of amides is 1. The van der Waals surface area contributed by atoms with Gasteiger partial charge in [0.15, 0.2) is 0 Å². The van der Waals surface area contributed by atoms with Crippen molar-refractivity contribution in [3.05, 3.63) is 0 Å². The number of rotatable bonds is 3. The molecule has 1 amide bonds. The second kappa shape index (κ2) is 4.11. The third-order valence-corrected chi connectivity index (χ3v) is 5.47. The topological polar surface area (TPSA) is 49.3 Å². The molecule has 18 heavy (non-hydrogen) atoms. The maximum Gasteiger partial charge on any atom is 0.226 e. The molecule has 4 fully saturated rings. The van der Waals surface area contributed by atoms with E-state index in [4.69, 9.17) is 11.6 Å². The number of aliphatic hydroxyl groups excluding tert-OH is 1. The van der Waals surface area contributed by atoms with Gasteiger partial charge in [-0.15, -0.1) is 11.6 Å². The molecule has 3 nitrogen and oxygen atoms in total. The lowest BCUT2D eigenvalue weighted by molar-refractivity contribution is -0.145. The zero-order valence-electron chi connectivity index (χ0n) is 10.9. The van der Waals surface area contributed by atoms with E-state index in [-0.39, 0.29) is 16.2 Å². The highest BCUT2D eigenvalue weighted by Gasteiger charge is 2.59. The highest BCUT2D eigenvalue weighted by Crippen LogP contribution is 2.63. The lowest BCUT2D eigenvalue weighted by Gasteiger charge is -2.59. The molecule has 4 aliphatic rings. The van der Waals surface area contributed by atoms with Gasteiger partial charge in [-0.3, -0.25) is 4.79 Å². The first kappa shape index (κ1) is 12.7. The fraction of sp³-hybridized carbons (Fsp3) is 0.929. The first-order valence-electron chi connectivity index (χ1n) is 7.06. The maximum atomic E-state index is 12.5. The van der Waals surface area contributed by atoms with Crippen LogP contribution in [0.4, 0.5) is 0 Å². The van der Waals surface area contributed by atoms with Crippen LogP contribution < -0.4 is 5.32 Å². The van der Waals surface area contributed by atoms with Crippen molar-refractivity contribution in [2.45, 2.75) is 56.4 Å². The van der Waals surface area contributed by atoms with E-state index < -0.39 is 6.10 Å². The molecule has 4 aliphatic carbocycles. The van der Waals surface area contributed by atoms with Gasteiger partial charge in [0.05, 0.1) is 11.5 Å². The van der Waals surface area contributed by atoms with Gasteiger partial charge in [0, 0.05) is 11.4 Å². The van der Waals surface area contributed by atoms with Crippen molar-refractivity contribution in [1.29, 1.82) is 0 Å². The van der Waals surface area contributed by atoms with Crippen LogP contribution in [0.5, 0.6) is 0 Å². The Kier molecular flexibility index (Phi) is 2.91. The maximum absolute atomic E-state index is 12.5. The number of halogens is 1. The summed E-state index contributed by atoms with van der Waals surface area (Å²) in [5.74, 6) is 1.41. The average molecular weight is 272 g/mol. The molecule has 0 radical (unpaired) electrons. The van der Waals surface area contributed by atoms with Crippen LogP contribution >= 0.6 is 11.6 Å². The van der Waals surface area contributed by atoms with Crippen molar-refractivity contribution >= 4 is 17.5 Å². The van der Waals surface area contributed by atoms with E-state index in [0.717, 1.165) is 32.1 Å². The van der Waals surface area contributed by atoms with E-state index in [2.05, 4.69) is 5.32 Å². The molecular weight excluding hydrogens is 250 g/mol. The van der Waals surface area contributed by atoms with Gasteiger partial charge in [0.25, 0.3) is 0 Å². The van der Waals surface area contributed by atoms with E-state index in [1.54, 1.807) is 6.92 Å². The molecule has 0 unspecified atom stereocenters. The molecule has 0 aromatic carbocycles. The van der Waals surface area contributed by atoms with Gasteiger partial charge in [0.1, 0.15) is 0 Å². The minimum absolute atomic E-state index is 0.119. The molecule has 2 N–H and O–H groups in total. The quantitative estimate of drug-likeness (QED) is 0.772.